The zero-order chi connectivity index (χ0) is 30.1. The number of aliphatic hydroxyl groups is 2. The molecule has 0 spiro atoms. The minimum absolute atomic E-state index is 0.0814. The van der Waals surface area contributed by atoms with Crippen LogP contribution in [0.1, 0.15) is 187 Å². The summed E-state index contributed by atoms with van der Waals surface area (Å²) in [6, 6.07) is -0.631. The van der Waals surface area contributed by atoms with E-state index in [1.165, 1.54) is 135 Å². The highest BCUT2D eigenvalue weighted by molar-refractivity contribution is 5.76. The number of nitrogens with one attached hydrogen (secondary N) is 1. The quantitative estimate of drug-likeness (QED) is 0.0550. The molecule has 242 valence electrons. The predicted octanol–water partition coefficient (Wildman–Crippen LogP) is 10.5. The molecule has 0 fully saturated rings. The summed E-state index contributed by atoms with van der Waals surface area (Å²) >= 11 is 0. The highest BCUT2D eigenvalue weighted by atomic mass is 16.3. The van der Waals surface area contributed by atoms with E-state index in [0.717, 1.165) is 32.1 Å². The molecule has 4 heteroatoms. The van der Waals surface area contributed by atoms with Gasteiger partial charge in [-0.15, -0.1) is 0 Å². The summed E-state index contributed by atoms with van der Waals surface area (Å²) < 4.78 is 0. The van der Waals surface area contributed by atoms with Gasteiger partial charge in [0, 0.05) is 6.42 Å². The molecule has 0 aliphatic rings. The number of carbonyl (C=O) groups excluding carboxylic acids is 1. The van der Waals surface area contributed by atoms with Gasteiger partial charge >= 0.3 is 0 Å². The third kappa shape index (κ3) is 30.1. The predicted molar refractivity (Wildman–Crippen MR) is 179 cm³/mol. The van der Waals surface area contributed by atoms with Crippen molar-refractivity contribution < 1.29 is 15.0 Å². The van der Waals surface area contributed by atoms with Gasteiger partial charge in [0.05, 0.1) is 18.8 Å². The monoisotopic (exact) mass is 578 g/mol. The van der Waals surface area contributed by atoms with Gasteiger partial charge in [-0.3, -0.25) is 4.79 Å². The van der Waals surface area contributed by atoms with Gasteiger partial charge in [-0.1, -0.05) is 173 Å². The van der Waals surface area contributed by atoms with E-state index in [4.69, 9.17) is 0 Å². The average Bonchev–Trinajstić information content (AvgIpc) is 2.97. The Balaban J connectivity index is 3.57. The molecule has 0 radical (unpaired) electrons. The summed E-state index contributed by atoms with van der Waals surface area (Å²) in [6.45, 7) is 4.24. The Bertz CT molecular complexity index is 589. The van der Waals surface area contributed by atoms with Crippen LogP contribution in [0, 0.1) is 0 Å². The molecule has 41 heavy (non-hydrogen) atoms. The van der Waals surface area contributed by atoms with Gasteiger partial charge < -0.3 is 15.5 Å². The third-order valence-corrected chi connectivity index (χ3v) is 8.19. The van der Waals surface area contributed by atoms with Crippen molar-refractivity contribution in [2.24, 2.45) is 0 Å². The zero-order valence-corrected chi connectivity index (χ0v) is 27.6. The van der Waals surface area contributed by atoms with Crippen LogP contribution in [0.15, 0.2) is 24.3 Å². The van der Waals surface area contributed by atoms with Crippen LogP contribution < -0.4 is 5.32 Å². The fourth-order valence-corrected chi connectivity index (χ4v) is 5.37. The van der Waals surface area contributed by atoms with Crippen LogP contribution >= 0.6 is 0 Å². The minimum Gasteiger partial charge on any atom is -0.394 e. The Labute approximate surface area is 256 Å². The van der Waals surface area contributed by atoms with E-state index in [0.29, 0.717) is 6.42 Å². The van der Waals surface area contributed by atoms with Crippen molar-refractivity contribution >= 4 is 5.91 Å². The number of carbonyl (C=O) groups is 1. The van der Waals surface area contributed by atoms with Gasteiger partial charge in [-0.25, -0.2) is 0 Å². The molecule has 0 saturated heterocycles. The van der Waals surface area contributed by atoms with Crippen molar-refractivity contribution in [2.75, 3.05) is 6.61 Å². The molecule has 0 aliphatic heterocycles. The summed E-state index contributed by atoms with van der Waals surface area (Å²) in [4.78, 5) is 12.2. The maximum atomic E-state index is 12.2. The summed E-state index contributed by atoms with van der Waals surface area (Å²) in [5, 5.41) is 22.7. The van der Waals surface area contributed by atoms with Crippen LogP contribution in [0.5, 0.6) is 0 Å². The first-order valence-electron chi connectivity index (χ1n) is 18.1. The largest absolute Gasteiger partial charge is 0.394 e. The number of amides is 1. The first kappa shape index (κ1) is 39.9. The number of hydrogen-bond donors (Lipinski definition) is 3. The van der Waals surface area contributed by atoms with Crippen molar-refractivity contribution in [3.63, 3.8) is 0 Å². The normalized spacial score (nSPS) is 13.4. The summed E-state index contributed by atoms with van der Waals surface area (Å²) in [6.07, 6.45) is 41.4. The molecule has 0 aromatic heterocycles. The Morgan fingerprint density at radius 3 is 1.41 bits per heavy atom. The number of unbranched alkanes of at least 4 members (excludes halogenated alkanes) is 23. The molecule has 2 unspecified atom stereocenters. The van der Waals surface area contributed by atoms with Crippen LogP contribution in [0.4, 0.5) is 0 Å². The van der Waals surface area contributed by atoms with Gasteiger partial charge in [0.25, 0.3) is 0 Å². The van der Waals surface area contributed by atoms with Gasteiger partial charge in [-0.2, -0.15) is 0 Å². The lowest BCUT2D eigenvalue weighted by molar-refractivity contribution is -0.123. The number of rotatable bonds is 32. The molecular weight excluding hydrogens is 506 g/mol. The molecular formula is C37H71NO3. The lowest BCUT2D eigenvalue weighted by atomic mass is 10.0. The van der Waals surface area contributed by atoms with E-state index < -0.39 is 12.1 Å². The molecule has 3 N–H and O–H groups in total. The van der Waals surface area contributed by atoms with Crippen LogP contribution in [0.25, 0.3) is 0 Å². The molecule has 2 atom stereocenters. The Morgan fingerprint density at radius 2 is 0.951 bits per heavy atom. The third-order valence-electron chi connectivity index (χ3n) is 8.19. The highest BCUT2D eigenvalue weighted by Crippen LogP contribution is 2.14. The maximum Gasteiger partial charge on any atom is 0.220 e. The standard InChI is InChI=1S/C37H71NO3/c1-3-5-7-9-11-12-13-14-15-16-17-18-19-20-21-22-23-24-25-27-28-30-32-36(40)35(34-39)38-37(41)33-31-29-26-10-8-6-4-2/h24-25,30,32,35-36,39-40H,3-23,26-29,31,33-34H2,1-2H3,(H,38,41)/b25-24+,32-30+. The van der Waals surface area contributed by atoms with E-state index in [2.05, 4.69) is 31.3 Å². The maximum absolute atomic E-state index is 12.2. The first-order valence-corrected chi connectivity index (χ1v) is 18.1. The van der Waals surface area contributed by atoms with E-state index in [9.17, 15) is 15.0 Å². The highest BCUT2D eigenvalue weighted by Gasteiger charge is 2.17. The van der Waals surface area contributed by atoms with E-state index in [-0.39, 0.29) is 12.5 Å². The van der Waals surface area contributed by atoms with Crippen LogP contribution in [-0.4, -0.2) is 34.9 Å². The van der Waals surface area contributed by atoms with Crippen molar-refractivity contribution in [3.8, 4) is 0 Å². The molecule has 0 aliphatic carbocycles. The number of allylic oxidation sites excluding steroid dienone is 3. The second kappa shape index (κ2) is 33.4. The molecule has 1 amide bonds. The van der Waals surface area contributed by atoms with Gasteiger partial charge in [0.15, 0.2) is 0 Å². The van der Waals surface area contributed by atoms with E-state index >= 15 is 0 Å². The lowest BCUT2D eigenvalue weighted by Crippen LogP contribution is -2.45. The fourth-order valence-electron chi connectivity index (χ4n) is 5.37. The molecule has 4 nitrogen and oxygen atoms in total. The number of hydrogen-bond acceptors (Lipinski definition) is 3. The molecule has 0 saturated carbocycles. The summed E-state index contributed by atoms with van der Waals surface area (Å²) in [7, 11) is 0. The zero-order valence-electron chi connectivity index (χ0n) is 27.6. The first-order chi connectivity index (χ1) is 20.2. The molecule has 0 bridgehead atoms. The summed E-state index contributed by atoms with van der Waals surface area (Å²) in [5.74, 6) is -0.0814. The molecule has 0 aromatic rings. The second-order valence-electron chi connectivity index (χ2n) is 12.3. The lowest BCUT2D eigenvalue weighted by Gasteiger charge is -2.19. The van der Waals surface area contributed by atoms with Crippen molar-refractivity contribution in [2.45, 2.75) is 199 Å². The Hall–Kier alpha value is -1.13. The van der Waals surface area contributed by atoms with Crippen molar-refractivity contribution in [1.82, 2.24) is 5.32 Å². The molecule has 0 rings (SSSR count). The molecule has 0 aromatic carbocycles. The van der Waals surface area contributed by atoms with Crippen molar-refractivity contribution in [3.05, 3.63) is 24.3 Å². The topological polar surface area (TPSA) is 69.6 Å². The van der Waals surface area contributed by atoms with Crippen LogP contribution in [-0.2, 0) is 4.79 Å². The van der Waals surface area contributed by atoms with E-state index in [1.807, 2.05) is 6.08 Å². The van der Waals surface area contributed by atoms with Crippen LogP contribution in [0.2, 0.25) is 0 Å². The smallest absolute Gasteiger partial charge is 0.220 e. The van der Waals surface area contributed by atoms with Gasteiger partial charge in [0.2, 0.25) is 5.91 Å². The van der Waals surface area contributed by atoms with Crippen molar-refractivity contribution in [1.29, 1.82) is 0 Å². The number of aliphatic hydroxyl groups excluding tert-OH is 2. The Morgan fingerprint density at radius 1 is 0.561 bits per heavy atom. The Kier molecular flexibility index (Phi) is 32.5. The van der Waals surface area contributed by atoms with E-state index in [1.54, 1.807) is 6.08 Å². The van der Waals surface area contributed by atoms with Crippen LogP contribution in [0.3, 0.4) is 0 Å². The van der Waals surface area contributed by atoms with Gasteiger partial charge in [0.1, 0.15) is 0 Å². The average molecular weight is 578 g/mol. The molecule has 0 heterocycles. The SMILES string of the molecule is CCCCCCCCCCCCCCCCCC/C=C/CC/C=C/C(O)C(CO)NC(=O)CCCCCCCCC. The van der Waals surface area contributed by atoms with Gasteiger partial charge in [-0.05, 0) is 32.1 Å². The fraction of sp³-hybridized carbons (Fsp3) is 0.865. The second-order valence-corrected chi connectivity index (χ2v) is 12.3. The minimum atomic E-state index is -0.855. The summed E-state index contributed by atoms with van der Waals surface area (Å²) in [5.41, 5.74) is 0.